The zero-order valence-electron chi connectivity index (χ0n) is 11.7. The highest BCUT2D eigenvalue weighted by molar-refractivity contribution is 5.96. The van der Waals surface area contributed by atoms with Crippen molar-refractivity contribution in [3.63, 3.8) is 0 Å². The van der Waals surface area contributed by atoms with Crippen LogP contribution in [0, 0.1) is 0 Å². The maximum Gasteiger partial charge on any atom is 0.231 e. The quantitative estimate of drug-likeness (QED) is 0.832. The Morgan fingerprint density at radius 1 is 1.24 bits per heavy atom. The fourth-order valence-corrected chi connectivity index (χ4v) is 2.77. The number of fused-ring (bicyclic) bond motifs is 1. The maximum absolute atomic E-state index is 12.6. The van der Waals surface area contributed by atoms with Gasteiger partial charge in [0.25, 0.3) is 0 Å². The first-order chi connectivity index (χ1) is 10.1. The molecule has 0 aromatic heterocycles. The van der Waals surface area contributed by atoms with E-state index in [0.29, 0.717) is 17.8 Å². The molecule has 0 atom stereocenters. The summed E-state index contributed by atoms with van der Waals surface area (Å²) in [5.74, 6) is 0.152. The van der Waals surface area contributed by atoms with Crippen LogP contribution < -0.4 is 10.6 Å². The molecule has 1 heterocycles. The molecule has 0 radical (unpaired) electrons. The molecule has 1 amide bonds. The minimum Gasteiger partial charge on any atom is -0.508 e. The molecule has 0 fully saturated rings. The minimum absolute atomic E-state index is 0.0111. The molecule has 2 aromatic carbocycles. The lowest BCUT2D eigenvalue weighted by Gasteiger charge is -2.30. The largest absolute Gasteiger partial charge is 0.508 e. The number of phenols is 1. The van der Waals surface area contributed by atoms with Gasteiger partial charge in [0.2, 0.25) is 5.91 Å². The molecule has 4 nitrogen and oxygen atoms in total. The standard InChI is InChI=1S/C17H18N2O2/c18-14-8-7-12-5-3-9-19(15(12)11-14)17(21)10-13-4-1-2-6-16(13)20/h1-2,4,6-8,11,20H,3,5,9-10,18H2. The lowest BCUT2D eigenvalue weighted by molar-refractivity contribution is -0.118. The van der Waals surface area contributed by atoms with E-state index < -0.39 is 0 Å². The number of nitrogens with zero attached hydrogens (tertiary/aromatic N) is 1. The SMILES string of the molecule is Nc1ccc2c(c1)N(C(=O)Cc1ccccc1O)CCC2. The Morgan fingerprint density at radius 2 is 2.05 bits per heavy atom. The monoisotopic (exact) mass is 282 g/mol. The number of nitrogen functional groups attached to an aromatic ring is 1. The van der Waals surface area contributed by atoms with E-state index in [-0.39, 0.29) is 18.1 Å². The van der Waals surface area contributed by atoms with Crippen molar-refractivity contribution in [1.29, 1.82) is 0 Å². The van der Waals surface area contributed by atoms with E-state index in [1.165, 1.54) is 0 Å². The van der Waals surface area contributed by atoms with Crippen LogP contribution in [0.25, 0.3) is 0 Å². The molecule has 1 aliphatic rings. The summed E-state index contributed by atoms with van der Waals surface area (Å²) < 4.78 is 0. The first-order valence-electron chi connectivity index (χ1n) is 7.11. The van der Waals surface area contributed by atoms with E-state index in [1.807, 2.05) is 24.3 Å². The minimum atomic E-state index is -0.0111. The molecule has 108 valence electrons. The normalized spacial score (nSPS) is 13.8. The number of carbonyl (C=O) groups excluding carboxylic acids is 1. The number of phenolic OH excluding ortho intramolecular Hbond substituents is 1. The Bertz CT molecular complexity index is 682. The number of hydrogen-bond acceptors (Lipinski definition) is 3. The smallest absolute Gasteiger partial charge is 0.231 e. The lowest BCUT2D eigenvalue weighted by Crippen LogP contribution is -2.36. The summed E-state index contributed by atoms with van der Waals surface area (Å²) >= 11 is 0. The average Bonchev–Trinajstić information content (AvgIpc) is 2.49. The Hall–Kier alpha value is -2.49. The topological polar surface area (TPSA) is 66.6 Å². The third-order valence-electron chi connectivity index (χ3n) is 3.86. The van der Waals surface area contributed by atoms with E-state index >= 15 is 0 Å². The Morgan fingerprint density at radius 3 is 2.86 bits per heavy atom. The molecular weight excluding hydrogens is 264 g/mol. The molecule has 0 bridgehead atoms. The van der Waals surface area contributed by atoms with Gasteiger partial charge in [0.05, 0.1) is 6.42 Å². The molecule has 2 aromatic rings. The first-order valence-corrected chi connectivity index (χ1v) is 7.11. The number of para-hydroxylation sites is 1. The highest BCUT2D eigenvalue weighted by Crippen LogP contribution is 2.30. The van der Waals surface area contributed by atoms with E-state index in [2.05, 4.69) is 0 Å². The summed E-state index contributed by atoms with van der Waals surface area (Å²) in [7, 11) is 0. The third kappa shape index (κ3) is 2.70. The molecular formula is C17H18N2O2. The van der Waals surface area contributed by atoms with Crippen LogP contribution in [0.15, 0.2) is 42.5 Å². The molecule has 0 spiro atoms. The van der Waals surface area contributed by atoms with Gasteiger partial charge in [-0.15, -0.1) is 0 Å². The zero-order valence-corrected chi connectivity index (χ0v) is 11.7. The van der Waals surface area contributed by atoms with Gasteiger partial charge < -0.3 is 15.7 Å². The van der Waals surface area contributed by atoms with Crippen molar-refractivity contribution in [1.82, 2.24) is 0 Å². The van der Waals surface area contributed by atoms with E-state index in [4.69, 9.17) is 5.73 Å². The second-order valence-electron chi connectivity index (χ2n) is 5.34. The second-order valence-corrected chi connectivity index (χ2v) is 5.34. The molecule has 1 aliphatic heterocycles. The van der Waals surface area contributed by atoms with Crippen molar-refractivity contribution in [2.75, 3.05) is 17.2 Å². The zero-order chi connectivity index (χ0) is 14.8. The highest BCUT2D eigenvalue weighted by Gasteiger charge is 2.23. The van der Waals surface area contributed by atoms with Crippen LogP contribution in [0.1, 0.15) is 17.5 Å². The molecule has 0 saturated heterocycles. The first kappa shape index (κ1) is 13.5. The molecule has 0 unspecified atom stereocenters. The summed E-state index contributed by atoms with van der Waals surface area (Å²) in [6.07, 6.45) is 2.11. The van der Waals surface area contributed by atoms with Gasteiger partial charge in [0, 0.05) is 23.5 Å². The predicted octanol–water partition coefficient (Wildman–Crippen LogP) is 2.50. The Balaban J connectivity index is 1.87. The lowest BCUT2D eigenvalue weighted by atomic mass is 10.00. The summed E-state index contributed by atoms with van der Waals surface area (Å²) in [6.45, 7) is 0.697. The number of aromatic hydroxyl groups is 1. The predicted molar refractivity (Wildman–Crippen MR) is 83.3 cm³/mol. The number of anilines is 2. The van der Waals surface area contributed by atoms with Crippen LogP contribution in [0.4, 0.5) is 11.4 Å². The molecule has 4 heteroatoms. The van der Waals surface area contributed by atoms with Crippen molar-refractivity contribution in [2.45, 2.75) is 19.3 Å². The molecule has 0 aliphatic carbocycles. The summed E-state index contributed by atoms with van der Waals surface area (Å²) in [5, 5.41) is 9.81. The fourth-order valence-electron chi connectivity index (χ4n) is 2.77. The number of carbonyl (C=O) groups is 1. The highest BCUT2D eigenvalue weighted by atomic mass is 16.3. The van der Waals surface area contributed by atoms with Gasteiger partial charge in [-0.2, -0.15) is 0 Å². The van der Waals surface area contributed by atoms with Crippen molar-refractivity contribution in [3.05, 3.63) is 53.6 Å². The summed E-state index contributed by atoms with van der Waals surface area (Å²) in [5.41, 5.74) is 9.22. The van der Waals surface area contributed by atoms with Crippen molar-refractivity contribution in [2.24, 2.45) is 0 Å². The Labute approximate surface area is 123 Å². The van der Waals surface area contributed by atoms with Crippen molar-refractivity contribution >= 4 is 17.3 Å². The van der Waals surface area contributed by atoms with E-state index in [0.717, 1.165) is 24.1 Å². The number of aryl methyl sites for hydroxylation is 1. The van der Waals surface area contributed by atoms with Crippen LogP contribution in [-0.2, 0) is 17.6 Å². The van der Waals surface area contributed by atoms with Crippen LogP contribution in [0.5, 0.6) is 5.75 Å². The maximum atomic E-state index is 12.6. The van der Waals surface area contributed by atoms with Gasteiger partial charge in [-0.25, -0.2) is 0 Å². The van der Waals surface area contributed by atoms with Gasteiger partial charge in [-0.1, -0.05) is 24.3 Å². The molecule has 21 heavy (non-hydrogen) atoms. The van der Waals surface area contributed by atoms with Crippen LogP contribution in [0.2, 0.25) is 0 Å². The van der Waals surface area contributed by atoms with Crippen molar-refractivity contribution < 1.29 is 9.90 Å². The fraction of sp³-hybridized carbons (Fsp3) is 0.235. The molecule has 3 rings (SSSR count). The number of benzene rings is 2. The number of amides is 1. The number of hydrogen-bond donors (Lipinski definition) is 2. The van der Waals surface area contributed by atoms with E-state index in [1.54, 1.807) is 23.1 Å². The summed E-state index contributed by atoms with van der Waals surface area (Å²) in [4.78, 5) is 14.3. The van der Waals surface area contributed by atoms with Crippen LogP contribution in [0.3, 0.4) is 0 Å². The van der Waals surface area contributed by atoms with Gasteiger partial charge in [-0.05, 0) is 36.6 Å². The molecule has 3 N–H and O–H groups in total. The number of nitrogens with two attached hydrogens (primary N) is 1. The summed E-state index contributed by atoms with van der Waals surface area (Å²) in [6, 6.07) is 12.7. The average molecular weight is 282 g/mol. The van der Waals surface area contributed by atoms with Crippen LogP contribution >= 0.6 is 0 Å². The second kappa shape index (κ2) is 5.48. The van der Waals surface area contributed by atoms with Gasteiger partial charge >= 0.3 is 0 Å². The van der Waals surface area contributed by atoms with Crippen molar-refractivity contribution in [3.8, 4) is 5.75 Å². The van der Waals surface area contributed by atoms with Gasteiger partial charge in [0.15, 0.2) is 0 Å². The third-order valence-corrected chi connectivity index (χ3v) is 3.86. The van der Waals surface area contributed by atoms with E-state index in [9.17, 15) is 9.90 Å². The van der Waals surface area contributed by atoms with Gasteiger partial charge in [-0.3, -0.25) is 4.79 Å². The van der Waals surface area contributed by atoms with Gasteiger partial charge in [0.1, 0.15) is 5.75 Å². The molecule has 0 saturated carbocycles. The van der Waals surface area contributed by atoms with Crippen LogP contribution in [-0.4, -0.2) is 17.6 Å². The Kier molecular flexibility index (Phi) is 3.52. The number of rotatable bonds is 2.